The zero-order chi connectivity index (χ0) is 11.7. The molecule has 0 aliphatic heterocycles. The first-order chi connectivity index (χ1) is 7.65. The van der Waals surface area contributed by atoms with E-state index >= 15 is 0 Å². The van der Waals surface area contributed by atoms with Crippen LogP contribution in [0.1, 0.15) is 17.3 Å². The van der Waals surface area contributed by atoms with Crippen LogP contribution < -0.4 is 11.3 Å². The molecule has 0 bridgehead atoms. The highest BCUT2D eigenvalue weighted by molar-refractivity contribution is 9.10. The second-order valence-corrected chi connectivity index (χ2v) is 4.61. The third kappa shape index (κ3) is 1.93. The number of furan rings is 1. The summed E-state index contributed by atoms with van der Waals surface area (Å²) in [6, 6.07) is 1.58. The van der Waals surface area contributed by atoms with Crippen LogP contribution in [0.2, 0.25) is 0 Å². The van der Waals surface area contributed by atoms with Crippen LogP contribution >= 0.6 is 31.9 Å². The highest BCUT2D eigenvalue weighted by atomic mass is 79.9. The van der Waals surface area contributed by atoms with Gasteiger partial charge in [-0.2, -0.15) is 0 Å². The lowest BCUT2D eigenvalue weighted by Gasteiger charge is -2.14. The van der Waals surface area contributed by atoms with Gasteiger partial charge in [-0.15, -0.1) is 5.10 Å². The maximum Gasteiger partial charge on any atom is 0.174 e. The van der Waals surface area contributed by atoms with E-state index < -0.39 is 0 Å². The summed E-state index contributed by atoms with van der Waals surface area (Å²) in [7, 11) is 1.80. The monoisotopic (exact) mass is 349 g/mol. The van der Waals surface area contributed by atoms with Crippen molar-refractivity contribution >= 4 is 31.9 Å². The first-order valence-electron chi connectivity index (χ1n) is 4.39. The summed E-state index contributed by atoms with van der Waals surface area (Å²) in [6.45, 7) is 0. The predicted molar refractivity (Wildman–Crippen MR) is 64.3 cm³/mol. The maximum atomic E-state index is 5.56. The number of aromatic nitrogens is 3. The Hall–Kier alpha value is -0.700. The Morgan fingerprint density at radius 1 is 1.56 bits per heavy atom. The van der Waals surface area contributed by atoms with E-state index in [9.17, 15) is 0 Å². The van der Waals surface area contributed by atoms with Crippen molar-refractivity contribution in [2.45, 2.75) is 6.04 Å². The van der Waals surface area contributed by atoms with Gasteiger partial charge in [0, 0.05) is 12.6 Å². The lowest BCUT2D eigenvalue weighted by molar-refractivity contribution is 0.517. The summed E-state index contributed by atoms with van der Waals surface area (Å²) in [4.78, 5) is 0. The zero-order valence-corrected chi connectivity index (χ0v) is 11.5. The van der Waals surface area contributed by atoms with Crippen molar-refractivity contribution in [1.82, 2.24) is 20.4 Å². The molecular formula is C8H9Br2N5O. The molecule has 8 heteroatoms. The van der Waals surface area contributed by atoms with E-state index in [0.29, 0.717) is 9.27 Å². The van der Waals surface area contributed by atoms with Gasteiger partial charge in [0.05, 0.1) is 18.0 Å². The first-order valence-corrected chi connectivity index (χ1v) is 5.97. The van der Waals surface area contributed by atoms with Crippen LogP contribution in [0.15, 0.2) is 26.0 Å². The van der Waals surface area contributed by atoms with Crippen LogP contribution in [0, 0.1) is 0 Å². The molecule has 2 aromatic rings. The lowest BCUT2D eigenvalue weighted by atomic mass is 10.1. The number of hydrogen-bond donors (Lipinski definition) is 2. The average molecular weight is 351 g/mol. The summed E-state index contributed by atoms with van der Waals surface area (Å²) in [6.07, 6.45) is 1.58. The molecule has 0 amide bonds. The Bertz CT molecular complexity index is 475. The second kappa shape index (κ2) is 4.66. The van der Waals surface area contributed by atoms with Crippen LogP contribution in [-0.2, 0) is 7.05 Å². The van der Waals surface area contributed by atoms with Crippen LogP contribution in [0.5, 0.6) is 0 Å². The third-order valence-electron chi connectivity index (χ3n) is 2.22. The highest BCUT2D eigenvalue weighted by Gasteiger charge is 2.24. The van der Waals surface area contributed by atoms with E-state index in [-0.39, 0.29) is 6.04 Å². The predicted octanol–water partition coefficient (Wildman–Crippen LogP) is 1.49. The van der Waals surface area contributed by atoms with E-state index in [1.807, 2.05) is 6.07 Å². The topological polar surface area (TPSA) is 81.9 Å². The minimum atomic E-state index is -0.248. The van der Waals surface area contributed by atoms with Crippen molar-refractivity contribution < 1.29 is 4.42 Å². The van der Waals surface area contributed by atoms with Gasteiger partial charge < -0.3 is 4.42 Å². The Morgan fingerprint density at radius 2 is 2.31 bits per heavy atom. The van der Waals surface area contributed by atoms with E-state index in [4.69, 9.17) is 10.3 Å². The Morgan fingerprint density at radius 3 is 2.75 bits per heavy atom. The van der Waals surface area contributed by atoms with Crippen molar-refractivity contribution in [3.05, 3.63) is 32.9 Å². The zero-order valence-electron chi connectivity index (χ0n) is 8.32. The molecule has 0 aliphatic rings. The summed E-state index contributed by atoms with van der Waals surface area (Å²) in [5, 5.41) is 7.82. The van der Waals surface area contributed by atoms with Crippen LogP contribution in [-0.4, -0.2) is 15.0 Å². The number of halogens is 2. The smallest absolute Gasteiger partial charge is 0.174 e. The molecule has 2 rings (SSSR count). The van der Waals surface area contributed by atoms with Gasteiger partial charge in [0.1, 0.15) is 0 Å². The van der Waals surface area contributed by atoms with E-state index in [2.05, 4.69) is 47.6 Å². The fourth-order valence-electron chi connectivity index (χ4n) is 1.47. The Labute approximate surface area is 108 Å². The molecule has 16 heavy (non-hydrogen) atoms. The molecule has 86 valence electrons. The van der Waals surface area contributed by atoms with Crippen molar-refractivity contribution in [1.29, 1.82) is 0 Å². The molecule has 0 radical (unpaired) electrons. The number of rotatable bonds is 3. The highest BCUT2D eigenvalue weighted by Crippen LogP contribution is 2.31. The minimum absolute atomic E-state index is 0.248. The average Bonchev–Trinajstić information content (AvgIpc) is 2.80. The minimum Gasteiger partial charge on any atom is -0.457 e. The molecule has 6 nitrogen and oxygen atoms in total. The van der Waals surface area contributed by atoms with E-state index in [1.165, 1.54) is 0 Å². The first kappa shape index (κ1) is 11.8. The molecular weight excluding hydrogens is 342 g/mol. The molecule has 1 atom stereocenters. The van der Waals surface area contributed by atoms with Crippen LogP contribution in [0.25, 0.3) is 0 Å². The largest absolute Gasteiger partial charge is 0.457 e. The number of nitrogens with zero attached hydrogens (tertiary/aromatic N) is 3. The van der Waals surface area contributed by atoms with Crippen molar-refractivity contribution in [2.24, 2.45) is 12.9 Å². The molecule has 3 N–H and O–H groups in total. The Kier molecular flexibility index (Phi) is 3.43. The summed E-state index contributed by atoms with van der Waals surface area (Å²) >= 11 is 6.65. The molecule has 0 fully saturated rings. The van der Waals surface area contributed by atoms with Gasteiger partial charge in [0.15, 0.2) is 9.27 Å². The number of hydrogen-bond acceptors (Lipinski definition) is 5. The van der Waals surface area contributed by atoms with Crippen molar-refractivity contribution in [3.63, 3.8) is 0 Å². The van der Waals surface area contributed by atoms with Gasteiger partial charge in [-0.3, -0.25) is 5.84 Å². The summed E-state index contributed by atoms with van der Waals surface area (Å²) in [5.74, 6) is 5.56. The molecule has 2 heterocycles. The fraction of sp³-hybridized carbons (Fsp3) is 0.250. The Balaban J connectivity index is 2.49. The van der Waals surface area contributed by atoms with Crippen molar-refractivity contribution in [3.8, 4) is 0 Å². The molecule has 1 unspecified atom stereocenters. The van der Waals surface area contributed by atoms with Crippen LogP contribution in [0.4, 0.5) is 0 Å². The fourth-order valence-corrected chi connectivity index (χ4v) is 2.50. The molecule has 0 saturated heterocycles. The molecule has 0 spiro atoms. The van der Waals surface area contributed by atoms with Gasteiger partial charge in [-0.25, -0.2) is 10.1 Å². The normalized spacial score (nSPS) is 13.0. The molecule has 0 saturated carbocycles. The SMILES string of the molecule is Cn1nnc(Br)c1C(NN)c1ccoc1Br. The standard InChI is InChI=1S/C8H9Br2N5O/c1-15-6(7(9)13-14-15)5(12-11)4-2-3-16-8(4)10/h2-3,5,12H,11H2,1H3. The molecule has 0 aliphatic carbocycles. The molecule has 2 aromatic heterocycles. The van der Waals surface area contributed by atoms with Gasteiger partial charge in [-0.05, 0) is 37.9 Å². The van der Waals surface area contributed by atoms with Crippen LogP contribution in [0.3, 0.4) is 0 Å². The number of nitrogens with two attached hydrogens (primary N) is 1. The number of hydrazine groups is 1. The maximum absolute atomic E-state index is 5.56. The van der Waals surface area contributed by atoms with Crippen molar-refractivity contribution in [2.75, 3.05) is 0 Å². The van der Waals surface area contributed by atoms with E-state index in [0.717, 1.165) is 11.3 Å². The van der Waals surface area contributed by atoms with Gasteiger partial charge in [-0.1, -0.05) is 5.21 Å². The number of aryl methyl sites for hydroxylation is 1. The van der Waals surface area contributed by atoms with E-state index in [1.54, 1.807) is 18.0 Å². The second-order valence-electron chi connectivity index (χ2n) is 3.14. The van der Waals surface area contributed by atoms with Gasteiger partial charge >= 0.3 is 0 Å². The van der Waals surface area contributed by atoms with Gasteiger partial charge in [0.2, 0.25) is 0 Å². The lowest BCUT2D eigenvalue weighted by Crippen LogP contribution is -2.30. The summed E-state index contributed by atoms with van der Waals surface area (Å²) < 4.78 is 8.10. The summed E-state index contributed by atoms with van der Waals surface area (Å²) in [5.41, 5.74) is 4.42. The van der Waals surface area contributed by atoms with Gasteiger partial charge in [0.25, 0.3) is 0 Å². The quantitative estimate of drug-likeness (QED) is 0.647. The molecule has 0 aromatic carbocycles. The third-order valence-corrected chi connectivity index (χ3v) is 3.43. The number of nitrogens with one attached hydrogen (secondary N) is 1.